The van der Waals surface area contributed by atoms with E-state index in [2.05, 4.69) is 13.8 Å². The molecule has 0 aromatic heterocycles. The molecule has 0 saturated heterocycles. The van der Waals surface area contributed by atoms with Crippen molar-refractivity contribution < 1.29 is 9.90 Å². The van der Waals surface area contributed by atoms with Gasteiger partial charge in [-0.05, 0) is 49.9 Å². The Balaban J connectivity index is 1.75. The van der Waals surface area contributed by atoms with Gasteiger partial charge in [0.2, 0.25) is 0 Å². The molecule has 0 radical (unpaired) electrons. The van der Waals surface area contributed by atoms with Crippen LogP contribution in [-0.4, -0.2) is 11.1 Å². The maximum Gasteiger partial charge on any atom is 0.310 e. The van der Waals surface area contributed by atoms with Crippen molar-refractivity contribution in [2.24, 2.45) is 16.7 Å². The molecule has 2 rings (SSSR count). The zero-order chi connectivity index (χ0) is 21.7. The lowest BCUT2D eigenvalue weighted by atomic mass is 9.58. The average molecular weight is 421 g/mol. The Kier molecular flexibility index (Phi) is 11.8. The SMILES string of the molecule is CCCCCCCCCCC12CCC(C1)CC2(CCCCCCCCCC)C(=O)O. The second-order valence-corrected chi connectivity index (χ2v) is 10.9. The number of unbranched alkanes of at least 4 members (excludes halogenated alkanes) is 14. The zero-order valence-electron chi connectivity index (χ0n) is 20.5. The molecular weight excluding hydrogens is 368 g/mol. The third kappa shape index (κ3) is 6.99. The van der Waals surface area contributed by atoms with E-state index in [0.717, 1.165) is 19.3 Å². The van der Waals surface area contributed by atoms with Crippen LogP contribution in [-0.2, 0) is 4.79 Å². The van der Waals surface area contributed by atoms with Gasteiger partial charge in [-0.1, -0.05) is 117 Å². The van der Waals surface area contributed by atoms with Gasteiger partial charge in [0.15, 0.2) is 0 Å². The van der Waals surface area contributed by atoms with Gasteiger partial charge in [-0.15, -0.1) is 0 Å². The van der Waals surface area contributed by atoms with E-state index in [9.17, 15) is 9.90 Å². The Morgan fingerprint density at radius 2 is 1.17 bits per heavy atom. The summed E-state index contributed by atoms with van der Waals surface area (Å²) in [7, 11) is 0. The van der Waals surface area contributed by atoms with E-state index in [1.165, 1.54) is 122 Å². The molecule has 1 N–H and O–H groups in total. The number of carboxylic acids is 1. The predicted octanol–water partition coefficient (Wildman–Crippen LogP) is 9.31. The fraction of sp³-hybridized carbons (Fsp3) is 0.964. The summed E-state index contributed by atoms with van der Waals surface area (Å²) in [5, 5.41) is 10.4. The number of hydrogen-bond donors (Lipinski definition) is 1. The van der Waals surface area contributed by atoms with Crippen molar-refractivity contribution in [2.45, 2.75) is 155 Å². The molecule has 2 saturated carbocycles. The molecule has 0 heterocycles. The molecule has 2 fully saturated rings. The van der Waals surface area contributed by atoms with Crippen LogP contribution >= 0.6 is 0 Å². The number of carboxylic acid groups (broad SMARTS) is 1. The van der Waals surface area contributed by atoms with Gasteiger partial charge in [-0.3, -0.25) is 4.79 Å². The highest BCUT2D eigenvalue weighted by molar-refractivity contribution is 5.76. The van der Waals surface area contributed by atoms with Crippen LogP contribution < -0.4 is 0 Å². The molecule has 2 aliphatic rings. The van der Waals surface area contributed by atoms with Crippen LogP contribution in [0.4, 0.5) is 0 Å². The van der Waals surface area contributed by atoms with Crippen molar-refractivity contribution in [1.82, 2.24) is 0 Å². The summed E-state index contributed by atoms with van der Waals surface area (Å²) in [6.07, 6.45) is 28.0. The minimum absolute atomic E-state index is 0.132. The number of carbonyl (C=O) groups is 1. The Hall–Kier alpha value is -0.530. The Labute approximate surface area is 188 Å². The smallest absolute Gasteiger partial charge is 0.310 e. The quantitative estimate of drug-likeness (QED) is 0.211. The van der Waals surface area contributed by atoms with Gasteiger partial charge in [-0.2, -0.15) is 0 Å². The molecule has 2 aliphatic carbocycles. The molecule has 3 atom stereocenters. The van der Waals surface area contributed by atoms with Crippen molar-refractivity contribution in [3.8, 4) is 0 Å². The van der Waals surface area contributed by atoms with Gasteiger partial charge in [-0.25, -0.2) is 0 Å². The van der Waals surface area contributed by atoms with Crippen molar-refractivity contribution in [3.63, 3.8) is 0 Å². The first-order chi connectivity index (χ1) is 14.6. The predicted molar refractivity (Wildman–Crippen MR) is 129 cm³/mol. The molecule has 2 bridgehead atoms. The summed E-state index contributed by atoms with van der Waals surface area (Å²) < 4.78 is 0. The van der Waals surface area contributed by atoms with E-state index in [-0.39, 0.29) is 10.8 Å². The molecule has 3 unspecified atom stereocenters. The van der Waals surface area contributed by atoms with Crippen LogP contribution in [0.3, 0.4) is 0 Å². The maximum atomic E-state index is 12.6. The lowest BCUT2D eigenvalue weighted by Gasteiger charge is -2.44. The molecule has 30 heavy (non-hydrogen) atoms. The largest absolute Gasteiger partial charge is 0.481 e. The molecule has 0 spiro atoms. The summed E-state index contributed by atoms with van der Waals surface area (Å²) in [6, 6.07) is 0. The van der Waals surface area contributed by atoms with Crippen LogP contribution in [0.5, 0.6) is 0 Å². The van der Waals surface area contributed by atoms with E-state index in [1.54, 1.807) is 0 Å². The van der Waals surface area contributed by atoms with Gasteiger partial charge in [0, 0.05) is 0 Å². The molecule has 2 heteroatoms. The molecule has 176 valence electrons. The Morgan fingerprint density at radius 1 is 0.700 bits per heavy atom. The normalized spacial score (nSPS) is 27.7. The number of rotatable bonds is 19. The molecule has 2 nitrogen and oxygen atoms in total. The summed E-state index contributed by atoms with van der Waals surface area (Å²) in [5.41, 5.74) is -0.258. The first kappa shape index (κ1) is 25.7. The summed E-state index contributed by atoms with van der Waals surface area (Å²) in [4.78, 5) is 12.6. The van der Waals surface area contributed by atoms with Gasteiger partial charge in [0.25, 0.3) is 0 Å². The first-order valence-corrected chi connectivity index (χ1v) is 13.8. The minimum Gasteiger partial charge on any atom is -0.481 e. The van der Waals surface area contributed by atoms with E-state index < -0.39 is 5.97 Å². The second kappa shape index (κ2) is 13.8. The third-order valence-electron chi connectivity index (χ3n) is 8.74. The lowest BCUT2D eigenvalue weighted by molar-refractivity contribution is -0.159. The van der Waals surface area contributed by atoms with Gasteiger partial charge < -0.3 is 5.11 Å². The first-order valence-electron chi connectivity index (χ1n) is 13.8. The number of aliphatic carboxylic acids is 1. The Bertz CT molecular complexity index is 473. The Morgan fingerprint density at radius 3 is 1.63 bits per heavy atom. The van der Waals surface area contributed by atoms with Gasteiger partial charge >= 0.3 is 5.97 Å². The van der Waals surface area contributed by atoms with Crippen molar-refractivity contribution in [2.75, 3.05) is 0 Å². The number of hydrogen-bond acceptors (Lipinski definition) is 1. The van der Waals surface area contributed by atoms with Gasteiger partial charge in [0.05, 0.1) is 5.41 Å². The standard InChI is InChI=1S/C28H52O2/c1-3-5-7-9-11-13-15-17-20-27-22-19-25(23-27)24-28(27,26(29)30)21-18-16-14-12-10-8-6-4-2/h25H,3-24H2,1-2H3,(H,29,30). The maximum absolute atomic E-state index is 12.6. The van der Waals surface area contributed by atoms with Crippen LogP contribution in [0.25, 0.3) is 0 Å². The number of fused-ring (bicyclic) bond motifs is 2. The lowest BCUT2D eigenvalue weighted by Crippen LogP contribution is -2.44. The van der Waals surface area contributed by atoms with Gasteiger partial charge in [0.1, 0.15) is 0 Å². The van der Waals surface area contributed by atoms with Crippen molar-refractivity contribution in [1.29, 1.82) is 0 Å². The highest BCUT2D eigenvalue weighted by Crippen LogP contribution is 2.68. The monoisotopic (exact) mass is 420 g/mol. The van der Waals surface area contributed by atoms with E-state index in [1.807, 2.05) is 0 Å². The molecule has 0 aromatic rings. The van der Waals surface area contributed by atoms with Crippen molar-refractivity contribution >= 4 is 5.97 Å². The summed E-state index contributed by atoms with van der Waals surface area (Å²) in [5.74, 6) is 0.247. The third-order valence-corrected chi connectivity index (χ3v) is 8.74. The zero-order valence-corrected chi connectivity index (χ0v) is 20.5. The second-order valence-electron chi connectivity index (χ2n) is 10.9. The molecular formula is C28H52O2. The molecule has 0 aromatic carbocycles. The summed E-state index contributed by atoms with van der Waals surface area (Å²) >= 11 is 0. The molecule has 0 amide bonds. The topological polar surface area (TPSA) is 37.3 Å². The molecule has 0 aliphatic heterocycles. The van der Waals surface area contributed by atoms with Crippen LogP contribution in [0, 0.1) is 16.7 Å². The van der Waals surface area contributed by atoms with E-state index >= 15 is 0 Å². The van der Waals surface area contributed by atoms with E-state index in [0.29, 0.717) is 5.92 Å². The highest BCUT2D eigenvalue weighted by atomic mass is 16.4. The fourth-order valence-corrected chi connectivity index (χ4v) is 6.97. The van der Waals surface area contributed by atoms with Crippen LogP contribution in [0.15, 0.2) is 0 Å². The van der Waals surface area contributed by atoms with Crippen molar-refractivity contribution in [3.05, 3.63) is 0 Å². The minimum atomic E-state index is -0.452. The van der Waals surface area contributed by atoms with Crippen LogP contribution in [0.1, 0.15) is 155 Å². The average Bonchev–Trinajstić information content (AvgIpc) is 3.28. The summed E-state index contributed by atoms with van der Waals surface area (Å²) in [6.45, 7) is 4.54. The fourth-order valence-electron chi connectivity index (χ4n) is 6.97. The van der Waals surface area contributed by atoms with E-state index in [4.69, 9.17) is 0 Å². The highest BCUT2D eigenvalue weighted by Gasteiger charge is 2.64. The van der Waals surface area contributed by atoms with Crippen LogP contribution in [0.2, 0.25) is 0 Å².